The number of ether oxygens (including phenoxy) is 1. The molecule has 1 N–H and O–H groups in total. The lowest BCUT2D eigenvalue weighted by Crippen LogP contribution is -1.98. The van der Waals surface area contributed by atoms with E-state index in [0.717, 1.165) is 12.8 Å². The third kappa shape index (κ3) is 5.86. The van der Waals surface area contributed by atoms with Crippen molar-refractivity contribution in [2.45, 2.75) is 40.0 Å². The van der Waals surface area contributed by atoms with Gasteiger partial charge in [-0.1, -0.05) is 23.3 Å². The van der Waals surface area contributed by atoms with Gasteiger partial charge >= 0.3 is 0 Å². The SMILES string of the molecule is COc1cc(C(=O)C/C=C(\C)CCC=C(C)C)ccc1O. The molecule has 1 aromatic carbocycles. The second-order valence-corrected chi connectivity index (χ2v) is 5.38. The van der Waals surface area contributed by atoms with Crippen LogP contribution in [0.15, 0.2) is 41.5 Å². The van der Waals surface area contributed by atoms with Crippen molar-refractivity contribution >= 4 is 5.78 Å². The van der Waals surface area contributed by atoms with Crippen LogP contribution >= 0.6 is 0 Å². The number of allylic oxidation sites excluding steroid dienone is 4. The van der Waals surface area contributed by atoms with Crippen LogP contribution < -0.4 is 4.74 Å². The fraction of sp³-hybridized carbons (Fsp3) is 0.389. The first-order valence-corrected chi connectivity index (χ1v) is 7.13. The van der Waals surface area contributed by atoms with Gasteiger partial charge in [0.1, 0.15) is 0 Å². The molecule has 21 heavy (non-hydrogen) atoms. The maximum Gasteiger partial charge on any atom is 0.166 e. The third-order valence-electron chi connectivity index (χ3n) is 3.23. The number of carbonyl (C=O) groups excluding carboxylic acids is 1. The summed E-state index contributed by atoms with van der Waals surface area (Å²) in [6, 6.07) is 4.67. The summed E-state index contributed by atoms with van der Waals surface area (Å²) in [4.78, 5) is 12.1. The maximum absolute atomic E-state index is 12.1. The molecule has 0 heterocycles. The molecule has 0 aliphatic heterocycles. The van der Waals surface area contributed by atoms with Crippen LogP contribution in [0, 0.1) is 0 Å². The Morgan fingerprint density at radius 3 is 2.57 bits per heavy atom. The number of methoxy groups -OCH3 is 1. The Labute approximate surface area is 127 Å². The molecule has 0 unspecified atom stereocenters. The van der Waals surface area contributed by atoms with Crippen molar-refractivity contribution in [1.29, 1.82) is 0 Å². The number of aromatic hydroxyl groups is 1. The Morgan fingerprint density at radius 2 is 1.95 bits per heavy atom. The molecule has 1 aromatic rings. The molecule has 114 valence electrons. The summed E-state index contributed by atoms with van der Waals surface area (Å²) in [7, 11) is 1.47. The van der Waals surface area contributed by atoms with Crippen LogP contribution in [0.5, 0.6) is 11.5 Å². The number of rotatable bonds is 7. The van der Waals surface area contributed by atoms with Crippen molar-refractivity contribution in [3.8, 4) is 11.5 Å². The average Bonchev–Trinajstić information content (AvgIpc) is 2.44. The van der Waals surface area contributed by atoms with Gasteiger partial charge in [0.05, 0.1) is 7.11 Å². The second kappa shape index (κ2) is 8.30. The molecule has 3 heteroatoms. The molecule has 0 aliphatic rings. The Kier molecular flexibility index (Phi) is 6.73. The predicted octanol–water partition coefficient (Wildman–Crippen LogP) is 4.67. The van der Waals surface area contributed by atoms with Gasteiger partial charge in [0.25, 0.3) is 0 Å². The van der Waals surface area contributed by atoms with E-state index in [9.17, 15) is 9.90 Å². The van der Waals surface area contributed by atoms with Gasteiger partial charge in [-0.15, -0.1) is 0 Å². The quantitative estimate of drug-likeness (QED) is 0.586. The molecule has 1 rings (SSSR count). The average molecular weight is 288 g/mol. The first-order valence-electron chi connectivity index (χ1n) is 7.13. The minimum Gasteiger partial charge on any atom is -0.504 e. The van der Waals surface area contributed by atoms with Gasteiger partial charge in [-0.2, -0.15) is 0 Å². The fourth-order valence-corrected chi connectivity index (χ4v) is 1.93. The molecule has 0 aromatic heterocycles. The van der Waals surface area contributed by atoms with Gasteiger partial charge in [-0.25, -0.2) is 0 Å². The minimum atomic E-state index is 0.0230. The number of Topliss-reactive ketones (excluding diaryl/α,β-unsaturated/α-hetero) is 1. The molecular weight excluding hydrogens is 264 g/mol. The molecule has 0 saturated carbocycles. The molecule has 0 spiro atoms. The van der Waals surface area contributed by atoms with Crippen LogP contribution in [-0.4, -0.2) is 18.0 Å². The van der Waals surface area contributed by atoms with E-state index in [-0.39, 0.29) is 11.5 Å². The van der Waals surface area contributed by atoms with Crippen LogP contribution in [0.25, 0.3) is 0 Å². The van der Waals surface area contributed by atoms with Crippen molar-refractivity contribution in [1.82, 2.24) is 0 Å². The number of phenols is 1. The van der Waals surface area contributed by atoms with Gasteiger partial charge in [0.15, 0.2) is 17.3 Å². The third-order valence-corrected chi connectivity index (χ3v) is 3.23. The summed E-state index contributed by atoms with van der Waals surface area (Å²) in [5.41, 5.74) is 3.08. The van der Waals surface area contributed by atoms with Crippen LogP contribution in [0.1, 0.15) is 50.4 Å². The summed E-state index contributed by atoms with van der Waals surface area (Å²) in [6.07, 6.45) is 6.52. The van der Waals surface area contributed by atoms with Gasteiger partial charge in [-0.05, 0) is 51.8 Å². The van der Waals surface area contributed by atoms with Gasteiger partial charge < -0.3 is 9.84 Å². The Balaban J connectivity index is 2.62. The van der Waals surface area contributed by atoms with Crippen LogP contribution in [-0.2, 0) is 0 Å². The van der Waals surface area contributed by atoms with Crippen molar-refractivity contribution in [2.75, 3.05) is 7.11 Å². The van der Waals surface area contributed by atoms with E-state index in [4.69, 9.17) is 4.74 Å². The molecular formula is C18H24O3. The standard InChI is InChI=1S/C18H24O3/c1-13(2)6-5-7-14(3)8-10-16(19)15-9-11-17(20)18(12-15)21-4/h6,8-9,11-12,20H,5,7,10H2,1-4H3/b14-8+. The Morgan fingerprint density at radius 1 is 1.24 bits per heavy atom. The summed E-state index contributed by atoms with van der Waals surface area (Å²) >= 11 is 0. The lowest BCUT2D eigenvalue weighted by molar-refractivity contribution is 0.0995. The highest BCUT2D eigenvalue weighted by molar-refractivity contribution is 5.97. The maximum atomic E-state index is 12.1. The molecule has 0 amide bonds. The van der Waals surface area contributed by atoms with E-state index in [1.165, 1.54) is 24.3 Å². The second-order valence-electron chi connectivity index (χ2n) is 5.38. The van der Waals surface area contributed by atoms with E-state index in [2.05, 4.69) is 19.9 Å². The predicted molar refractivity (Wildman–Crippen MR) is 86.0 cm³/mol. The first-order chi connectivity index (χ1) is 9.93. The lowest BCUT2D eigenvalue weighted by Gasteiger charge is -2.05. The van der Waals surface area contributed by atoms with E-state index in [1.54, 1.807) is 12.1 Å². The Hall–Kier alpha value is -2.03. The summed E-state index contributed by atoms with van der Waals surface area (Å²) in [5.74, 6) is 0.391. The highest BCUT2D eigenvalue weighted by Crippen LogP contribution is 2.26. The topological polar surface area (TPSA) is 46.5 Å². The van der Waals surface area contributed by atoms with Gasteiger partial charge in [0.2, 0.25) is 0 Å². The van der Waals surface area contributed by atoms with E-state index in [0.29, 0.717) is 17.7 Å². The molecule has 0 radical (unpaired) electrons. The molecule has 0 bridgehead atoms. The largest absolute Gasteiger partial charge is 0.504 e. The minimum absolute atomic E-state index is 0.0230. The number of benzene rings is 1. The molecule has 3 nitrogen and oxygen atoms in total. The van der Waals surface area contributed by atoms with E-state index in [1.807, 2.05) is 13.0 Å². The van der Waals surface area contributed by atoms with E-state index >= 15 is 0 Å². The Bertz CT molecular complexity index is 550. The summed E-state index contributed by atoms with van der Waals surface area (Å²) < 4.78 is 5.01. The number of phenolic OH excluding ortho intramolecular Hbond substituents is 1. The number of ketones is 1. The smallest absolute Gasteiger partial charge is 0.166 e. The van der Waals surface area contributed by atoms with Crippen molar-refractivity contribution in [2.24, 2.45) is 0 Å². The van der Waals surface area contributed by atoms with Crippen molar-refractivity contribution < 1.29 is 14.6 Å². The highest BCUT2D eigenvalue weighted by Gasteiger charge is 2.08. The summed E-state index contributed by atoms with van der Waals surface area (Å²) in [6.45, 7) is 6.21. The van der Waals surface area contributed by atoms with Crippen molar-refractivity contribution in [3.63, 3.8) is 0 Å². The van der Waals surface area contributed by atoms with Crippen LogP contribution in [0.3, 0.4) is 0 Å². The summed E-state index contributed by atoms with van der Waals surface area (Å²) in [5, 5.41) is 9.52. The van der Waals surface area contributed by atoms with Crippen LogP contribution in [0.2, 0.25) is 0 Å². The zero-order chi connectivity index (χ0) is 15.8. The van der Waals surface area contributed by atoms with Crippen LogP contribution in [0.4, 0.5) is 0 Å². The molecule has 0 saturated heterocycles. The van der Waals surface area contributed by atoms with Crippen molar-refractivity contribution in [3.05, 3.63) is 47.1 Å². The highest BCUT2D eigenvalue weighted by atomic mass is 16.5. The zero-order valence-corrected chi connectivity index (χ0v) is 13.3. The first kappa shape index (κ1) is 17.0. The number of hydrogen-bond donors (Lipinski definition) is 1. The normalized spacial score (nSPS) is 11.1. The molecule has 0 aliphatic carbocycles. The van der Waals surface area contributed by atoms with E-state index < -0.39 is 0 Å². The number of hydrogen-bond acceptors (Lipinski definition) is 3. The fourth-order valence-electron chi connectivity index (χ4n) is 1.93. The lowest BCUT2D eigenvalue weighted by atomic mass is 10.0. The van der Waals surface area contributed by atoms with Gasteiger partial charge in [-0.3, -0.25) is 4.79 Å². The molecule has 0 atom stereocenters. The number of carbonyl (C=O) groups is 1. The zero-order valence-electron chi connectivity index (χ0n) is 13.3. The monoisotopic (exact) mass is 288 g/mol. The molecule has 0 fully saturated rings. The van der Waals surface area contributed by atoms with Gasteiger partial charge in [0, 0.05) is 12.0 Å².